The van der Waals surface area contributed by atoms with E-state index in [2.05, 4.69) is 26.6 Å². The minimum absolute atomic E-state index is 0.00439. The minimum Gasteiger partial charge on any atom is -0.507 e. The Labute approximate surface area is 266 Å². The van der Waals surface area contributed by atoms with Crippen LogP contribution in [0.1, 0.15) is 68.8 Å². The molecule has 0 aliphatic carbocycles. The Morgan fingerprint density at radius 2 is 1.75 bits per heavy atom. The highest BCUT2D eigenvalue weighted by Crippen LogP contribution is 2.25. The number of Topliss-reactive ketones (excluding diaryl/α,β-unsaturated/α-hetero) is 1. The van der Waals surface area contributed by atoms with Crippen molar-refractivity contribution in [1.82, 2.24) is 15.5 Å². The van der Waals surface area contributed by atoms with Gasteiger partial charge in [-0.25, -0.2) is 4.79 Å². The van der Waals surface area contributed by atoms with E-state index >= 15 is 0 Å². The van der Waals surface area contributed by atoms with E-state index in [0.29, 0.717) is 35.7 Å². The lowest BCUT2D eigenvalue weighted by Gasteiger charge is -2.31. The van der Waals surface area contributed by atoms with Crippen LogP contribution < -0.4 is 10.6 Å². The summed E-state index contributed by atoms with van der Waals surface area (Å²) in [6, 6.07) is 8.96. The Bertz CT molecular complexity index is 1400. The van der Waals surface area contributed by atoms with Crippen LogP contribution in [0.5, 0.6) is 5.75 Å². The minimum atomic E-state index is -1.67. The van der Waals surface area contributed by atoms with Gasteiger partial charge in [-0.15, -0.1) is 0 Å². The fourth-order valence-corrected chi connectivity index (χ4v) is 5.28. The zero-order valence-electron chi connectivity index (χ0n) is 25.5. The van der Waals surface area contributed by atoms with Crippen LogP contribution in [0.4, 0.5) is 0 Å². The van der Waals surface area contributed by atoms with Crippen molar-refractivity contribution in [3.05, 3.63) is 75.8 Å². The fraction of sp³-hybridized carbons (Fsp3) is 0.424. The standard InChI is InChI=1S/C33H40BrN3O7/c1-20-10-8-9-13-28(39)35-22(3)32(42)37(4)26(19-23-16-17-27(38)25(34)18-23)31(41)36-29(33(43)44-21(2)15-14-20)30(40)24-11-6-5-7-12-24/h5-7,10-12,16-18,21-22,26,29,38H,8-9,13-15,19H2,1-4H3,(H,35,39)(H,36,41)/b20-10-/t21-,22-,26+,29+/m0/s1. The third-order valence-corrected chi connectivity index (χ3v) is 8.15. The second-order valence-electron chi connectivity index (χ2n) is 11.1. The molecule has 0 saturated heterocycles. The van der Waals surface area contributed by atoms with Gasteiger partial charge in [-0.05, 0) is 80.1 Å². The fourth-order valence-electron chi connectivity index (χ4n) is 4.85. The smallest absolute Gasteiger partial charge is 0.337 e. The van der Waals surface area contributed by atoms with Gasteiger partial charge in [0.2, 0.25) is 17.7 Å². The average molecular weight is 671 g/mol. The maximum Gasteiger partial charge on any atom is 0.337 e. The zero-order chi connectivity index (χ0) is 32.4. The number of likely N-dealkylation sites (N-methyl/N-ethyl adjacent to an activating group) is 1. The number of phenols is 1. The van der Waals surface area contributed by atoms with E-state index in [1.807, 2.05) is 13.0 Å². The highest BCUT2D eigenvalue weighted by Gasteiger charge is 2.37. The number of ketones is 1. The van der Waals surface area contributed by atoms with E-state index in [4.69, 9.17) is 4.74 Å². The molecule has 3 rings (SSSR count). The number of hydrogen-bond acceptors (Lipinski definition) is 7. The third-order valence-electron chi connectivity index (χ3n) is 7.51. The van der Waals surface area contributed by atoms with Crippen LogP contribution in [0.3, 0.4) is 0 Å². The largest absolute Gasteiger partial charge is 0.507 e. The Kier molecular flexibility index (Phi) is 12.7. The van der Waals surface area contributed by atoms with Gasteiger partial charge in [-0.2, -0.15) is 0 Å². The van der Waals surface area contributed by atoms with Crippen molar-refractivity contribution in [2.75, 3.05) is 7.05 Å². The summed E-state index contributed by atoms with van der Waals surface area (Å²) in [6.45, 7) is 5.22. The van der Waals surface area contributed by atoms with Crippen LogP contribution in [0, 0.1) is 0 Å². The topological polar surface area (TPSA) is 142 Å². The van der Waals surface area contributed by atoms with E-state index in [-0.39, 0.29) is 30.1 Å². The molecule has 236 valence electrons. The summed E-state index contributed by atoms with van der Waals surface area (Å²) in [6.07, 6.45) is 4.11. The molecule has 0 aromatic heterocycles. The molecule has 0 unspecified atom stereocenters. The third kappa shape index (κ3) is 9.77. The lowest BCUT2D eigenvalue weighted by molar-refractivity contribution is -0.151. The summed E-state index contributed by atoms with van der Waals surface area (Å²) in [7, 11) is 1.43. The van der Waals surface area contributed by atoms with Crippen LogP contribution in [0.25, 0.3) is 0 Å². The predicted octanol–water partition coefficient (Wildman–Crippen LogP) is 4.24. The summed E-state index contributed by atoms with van der Waals surface area (Å²) in [5.41, 5.74) is 1.87. The van der Waals surface area contributed by atoms with Gasteiger partial charge in [0.15, 0.2) is 11.8 Å². The van der Waals surface area contributed by atoms with Gasteiger partial charge in [0, 0.05) is 25.5 Å². The normalized spacial score (nSPS) is 24.5. The van der Waals surface area contributed by atoms with E-state index < -0.39 is 47.8 Å². The molecule has 1 aliphatic heterocycles. The first-order valence-corrected chi connectivity index (χ1v) is 15.5. The van der Waals surface area contributed by atoms with Crippen LogP contribution in [0.2, 0.25) is 0 Å². The van der Waals surface area contributed by atoms with Gasteiger partial charge >= 0.3 is 5.97 Å². The number of nitrogens with zero attached hydrogens (tertiary/aromatic N) is 1. The number of aromatic hydroxyl groups is 1. The molecule has 11 heteroatoms. The van der Waals surface area contributed by atoms with Crippen LogP contribution >= 0.6 is 15.9 Å². The molecule has 0 fully saturated rings. The molecule has 2 aromatic rings. The van der Waals surface area contributed by atoms with Gasteiger partial charge < -0.3 is 25.4 Å². The number of carbonyl (C=O) groups is 5. The molecule has 0 bridgehead atoms. The molecule has 1 heterocycles. The molecular weight excluding hydrogens is 630 g/mol. The highest BCUT2D eigenvalue weighted by atomic mass is 79.9. The van der Waals surface area contributed by atoms with Gasteiger partial charge in [-0.3, -0.25) is 19.2 Å². The Morgan fingerprint density at radius 3 is 2.43 bits per heavy atom. The zero-order valence-corrected chi connectivity index (χ0v) is 27.1. The number of ether oxygens (including phenoxy) is 1. The summed E-state index contributed by atoms with van der Waals surface area (Å²) in [5, 5.41) is 15.2. The summed E-state index contributed by atoms with van der Waals surface area (Å²) < 4.78 is 6.05. The van der Waals surface area contributed by atoms with Gasteiger partial charge in [-0.1, -0.05) is 48.0 Å². The summed E-state index contributed by atoms with van der Waals surface area (Å²) in [4.78, 5) is 68.2. The van der Waals surface area contributed by atoms with Crippen molar-refractivity contribution in [2.45, 2.75) is 83.5 Å². The molecule has 0 radical (unpaired) electrons. The first kappa shape index (κ1) is 34.5. The Morgan fingerprint density at radius 1 is 1.05 bits per heavy atom. The molecular formula is C33H40BrN3O7. The number of hydrogen-bond donors (Lipinski definition) is 3. The SMILES string of the molecule is C/C1=C/CCCC(=O)N[C@@H](C)C(=O)N(C)[C@H](Cc2ccc(O)c(Br)c2)C(=O)N[C@H](C(=O)c2ccccc2)C(=O)O[C@@H](C)CC1. The number of allylic oxidation sites excluding steroid dienone is 2. The molecule has 3 amide bonds. The molecule has 44 heavy (non-hydrogen) atoms. The van der Waals surface area contributed by atoms with Crippen molar-refractivity contribution < 1.29 is 33.8 Å². The van der Waals surface area contributed by atoms with E-state index in [1.54, 1.807) is 49.4 Å². The number of rotatable bonds is 4. The number of esters is 1. The second kappa shape index (κ2) is 16.2. The Balaban J connectivity index is 2.01. The first-order chi connectivity index (χ1) is 20.9. The number of carbonyl (C=O) groups excluding carboxylic acids is 5. The van der Waals surface area contributed by atoms with E-state index in [0.717, 1.165) is 5.57 Å². The number of amides is 3. The van der Waals surface area contributed by atoms with Crippen LogP contribution in [0.15, 0.2) is 64.7 Å². The highest BCUT2D eigenvalue weighted by molar-refractivity contribution is 9.10. The maximum atomic E-state index is 13.9. The van der Waals surface area contributed by atoms with Gasteiger partial charge in [0.1, 0.15) is 17.8 Å². The molecule has 0 saturated carbocycles. The average Bonchev–Trinajstić information content (AvgIpc) is 3.00. The molecule has 1 aliphatic rings. The van der Waals surface area contributed by atoms with Crippen LogP contribution in [-0.2, 0) is 30.3 Å². The van der Waals surface area contributed by atoms with Gasteiger partial charge in [0.25, 0.3) is 0 Å². The van der Waals surface area contributed by atoms with Crippen molar-refractivity contribution in [2.24, 2.45) is 0 Å². The molecule has 0 spiro atoms. The molecule has 3 N–H and O–H groups in total. The van der Waals surface area contributed by atoms with E-state index in [9.17, 15) is 29.1 Å². The Hall–Kier alpha value is -3.99. The molecule has 2 aromatic carbocycles. The summed E-state index contributed by atoms with van der Waals surface area (Å²) >= 11 is 3.27. The van der Waals surface area contributed by atoms with Gasteiger partial charge in [0.05, 0.1) is 10.6 Å². The van der Waals surface area contributed by atoms with Crippen molar-refractivity contribution in [3.8, 4) is 5.75 Å². The van der Waals surface area contributed by atoms with Crippen molar-refractivity contribution in [1.29, 1.82) is 0 Å². The maximum absolute atomic E-state index is 13.9. The number of cyclic esters (lactones) is 1. The number of halogens is 1. The second-order valence-corrected chi connectivity index (χ2v) is 12.0. The lowest BCUT2D eigenvalue weighted by atomic mass is 10.0. The monoisotopic (exact) mass is 669 g/mol. The first-order valence-electron chi connectivity index (χ1n) is 14.7. The number of phenolic OH excluding ortho intramolecular Hbond substituents is 1. The molecule has 4 atom stereocenters. The van der Waals surface area contributed by atoms with Crippen molar-refractivity contribution in [3.63, 3.8) is 0 Å². The quantitative estimate of drug-likeness (QED) is 0.191. The number of nitrogens with one attached hydrogen (secondary N) is 2. The lowest BCUT2D eigenvalue weighted by Crippen LogP contribution is -2.58. The number of benzene rings is 2. The van der Waals surface area contributed by atoms with Crippen molar-refractivity contribution >= 4 is 45.4 Å². The summed E-state index contributed by atoms with van der Waals surface area (Å²) in [5.74, 6) is -3.15. The van der Waals surface area contributed by atoms with E-state index in [1.165, 1.54) is 24.9 Å². The predicted molar refractivity (Wildman–Crippen MR) is 169 cm³/mol. The molecule has 10 nitrogen and oxygen atoms in total. The van der Waals surface area contributed by atoms with Crippen LogP contribution in [-0.4, -0.2) is 70.8 Å².